The molecule has 26 heavy (non-hydrogen) atoms. The Morgan fingerprint density at radius 1 is 1.08 bits per heavy atom. The summed E-state index contributed by atoms with van der Waals surface area (Å²) in [7, 11) is 2.97. The Labute approximate surface area is 155 Å². The van der Waals surface area contributed by atoms with Crippen LogP contribution in [0.25, 0.3) is 11.3 Å². The van der Waals surface area contributed by atoms with E-state index in [9.17, 15) is 14.7 Å². The third-order valence-electron chi connectivity index (χ3n) is 4.10. The van der Waals surface area contributed by atoms with Crippen molar-refractivity contribution in [2.75, 3.05) is 19.1 Å². The minimum atomic E-state index is -0.609. The molecule has 1 N–H and O–H groups in total. The lowest BCUT2D eigenvalue weighted by Gasteiger charge is -2.12. The first-order chi connectivity index (χ1) is 12.4. The molecule has 0 spiro atoms. The van der Waals surface area contributed by atoms with Crippen LogP contribution in [0.5, 0.6) is 11.5 Å². The number of carbonyl (C=O) groups is 2. The molecule has 3 rings (SSSR count). The van der Waals surface area contributed by atoms with Crippen molar-refractivity contribution in [2.45, 2.75) is 6.92 Å². The summed E-state index contributed by atoms with van der Waals surface area (Å²) in [6, 6.07) is 9.49. The Morgan fingerprint density at radius 3 is 2.38 bits per heavy atom. The van der Waals surface area contributed by atoms with Crippen molar-refractivity contribution in [3.63, 3.8) is 0 Å². The Bertz CT molecular complexity index is 951. The molecule has 1 heterocycles. The number of rotatable bonds is 3. The molecular formula is C19H16ClNO5. The van der Waals surface area contributed by atoms with Gasteiger partial charge in [0.15, 0.2) is 11.5 Å². The van der Waals surface area contributed by atoms with Crippen LogP contribution in [-0.4, -0.2) is 31.1 Å². The zero-order valence-corrected chi connectivity index (χ0v) is 15.1. The number of anilines is 1. The lowest BCUT2D eigenvalue weighted by Crippen LogP contribution is -2.31. The van der Waals surface area contributed by atoms with E-state index in [2.05, 4.69) is 0 Å². The monoisotopic (exact) mass is 373 g/mol. The first kappa shape index (κ1) is 17.8. The van der Waals surface area contributed by atoms with Crippen LogP contribution in [0, 0.1) is 0 Å². The Balaban J connectivity index is 2.22. The molecule has 0 aromatic heterocycles. The van der Waals surface area contributed by atoms with Gasteiger partial charge in [-0.15, -0.1) is 0 Å². The van der Waals surface area contributed by atoms with Gasteiger partial charge in [-0.2, -0.15) is 0 Å². The number of amides is 2. The fraction of sp³-hybridized carbons (Fsp3) is 0.158. The van der Waals surface area contributed by atoms with E-state index >= 15 is 0 Å². The summed E-state index contributed by atoms with van der Waals surface area (Å²) in [5.74, 6) is -0.439. The highest BCUT2D eigenvalue weighted by Crippen LogP contribution is 2.42. The molecular weight excluding hydrogens is 358 g/mol. The van der Waals surface area contributed by atoms with Gasteiger partial charge in [0, 0.05) is 23.1 Å². The number of methoxy groups -OCH3 is 2. The molecule has 0 saturated carbocycles. The second-order valence-corrected chi connectivity index (χ2v) is 6.05. The second-order valence-electron chi connectivity index (χ2n) is 5.61. The molecule has 2 amide bonds. The smallest absolute Gasteiger partial charge is 0.269 e. The van der Waals surface area contributed by atoms with Gasteiger partial charge < -0.3 is 14.6 Å². The Hall–Kier alpha value is -2.99. The molecule has 0 fully saturated rings. The molecule has 1 aliphatic rings. The average Bonchev–Trinajstić information content (AvgIpc) is 2.91. The van der Waals surface area contributed by atoms with Crippen LogP contribution in [0.4, 0.5) is 5.69 Å². The predicted octanol–water partition coefficient (Wildman–Crippen LogP) is 3.68. The van der Waals surface area contributed by atoms with Crippen molar-refractivity contribution in [1.29, 1.82) is 0 Å². The van der Waals surface area contributed by atoms with Crippen LogP contribution in [0.2, 0.25) is 5.02 Å². The van der Waals surface area contributed by atoms with Gasteiger partial charge in [0.2, 0.25) is 5.91 Å². The van der Waals surface area contributed by atoms with E-state index in [1.165, 1.54) is 27.2 Å². The van der Waals surface area contributed by atoms with E-state index in [1.54, 1.807) is 30.3 Å². The van der Waals surface area contributed by atoms with Crippen LogP contribution < -0.4 is 14.4 Å². The molecule has 6 nitrogen and oxygen atoms in total. The lowest BCUT2D eigenvalue weighted by atomic mass is 10.0. The van der Waals surface area contributed by atoms with E-state index in [1.807, 2.05) is 0 Å². The van der Waals surface area contributed by atoms with E-state index in [4.69, 9.17) is 21.1 Å². The number of hydrogen-bond acceptors (Lipinski definition) is 5. The van der Waals surface area contributed by atoms with Gasteiger partial charge in [0.25, 0.3) is 5.91 Å². The molecule has 0 aliphatic carbocycles. The standard InChI is InChI=1S/C19H16ClNO5/c1-10(22)21-14-9-12(20)5-6-13(14)17(19(21)24)18(23)11-4-7-15(25-2)16(8-11)26-3/h4-9,23H,1-3H3/b18-17+. The highest BCUT2D eigenvalue weighted by molar-refractivity contribution is 6.43. The van der Waals surface area contributed by atoms with Gasteiger partial charge in [-0.1, -0.05) is 17.7 Å². The van der Waals surface area contributed by atoms with Crippen LogP contribution in [0.15, 0.2) is 36.4 Å². The van der Waals surface area contributed by atoms with Crippen molar-refractivity contribution in [2.24, 2.45) is 0 Å². The molecule has 0 atom stereocenters. The van der Waals surface area contributed by atoms with Crippen LogP contribution in [0.3, 0.4) is 0 Å². The molecule has 2 aromatic rings. The predicted molar refractivity (Wildman–Crippen MR) is 98.6 cm³/mol. The number of halogens is 1. The van der Waals surface area contributed by atoms with Crippen LogP contribution in [0.1, 0.15) is 18.1 Å². The molecule has 0 radical (unpaired) electrons. The second kappa shape index (κ2) is 6.72. The summed E-state index contributed by atoms with van der Waals surface area (Å²) >= 11 is 6.00. The van der Waals surface area contributed by atoms with Gasteiger partial charge in [-0.3, -0.25) is 9.59 Å². The number of ether oxygens (including phenoxy) is 2. The molecule has 2 aromatic carbocycles. The molecule has 1 aliphatic heterocycles. The van der Waals surface area contributed by atoms with E-state index in [0.29, 0.717) is 33.3 Å². The van der Waals surface area contributed by atoms with Crippen molar-refractivity contribution in [3.05, 3.63) is 52.5 Å². The fourth-order valence-corrected chi connectivity index (χ4v) is 3.07. The van der Waals surface area contributed by atoms with E-state index in [-0.39, 0.29) is 11.3 Å². The van der Waals surface area contributed by atoms with Gasteiger partial charge in [0.1, 0.15) is 5.76 Å². The number of hydrogen-bond donors (Lipinski definition) is 1. The number of aliphatic hydroxyl groups excluding tert-OH is 1. The average molecular weight is 374 g/mol. The summed E-state index contributed by atoms with van der Waals surface area (Å²) in [4.78, 5) is 25.7. The maximum Gasteiger partial charge on any atom is 0.269 e. The SMILES string of the molecule is COc1ccc(/C(O)=C2\C(=O)N(C(C)=O)c3cc(Cl)ccc32)cc1OC. The maximum absolute atomic E-state index is 12.8. The largest absolute Gasteiger partial charge is 0.506 e. The first-order valence-electron chi connectivity index (χ1n) is 7.69. The third kappa shape index (κ3) is 2.78. The first-order valence-corrected chi connectivity index (χ1v) is 8.07. The molecule has 134 valence electrons. The zero-order chi connectivity index (χ0) is 19.0. The molecule has 7 heteroatoms. The number of nitrogens with zero attached hydrogens (tertiary/aromatic N) is 1. The van der Waals surface area contributed by atoms with Gasteiger partial charge >= 0.3 is 0 Å². The quantitative estimate of drug-likeness (QED) is 0.656. The van der Waals surface area contributed by atoms with E-state index in [0.717, 1.165) is 4.90 Å². The van der Waals surface area contributed by atoms with Crippen LogP contribution >= 0.6 is 11.6 Å². The summed E-state index contributed by atoms with van der Waals surface area (Å²) in [5, 5.41) is 11.2. The number of benzene rings is 2. The molecule has 0 bridgehead atoms. The lowest BCUT2D eigenvalue weighted by molar-refractivity contribution is -0.122. The zero-order valence-electron chi connectivity index (χ0n) is 14.4. The minimum Gasteiger partial charge on any atom is -0.506 e. The topological polar surface area (TPSA) is 76.1 Å². The third-order valence-corrected chi connectivity index (χ3v) is 4.33. The van der Waals surface area contributed by atoms with Crippen molar-refractivity contribution in [3.8, 4) is 11.5 Å². The number of aliphatic hydroxyl groups is 1. The maximum atomic E-state index is 12.8. The van der Waals surface area contributed by atoms with Gasteiger partial charge in [-0.25, -0.2) is 4.90 Å². The van der Waals surface area contributed by atoms with E-state index < -0.39 is 11.8 Å². The summed E-state index contributed by atoms with van der Waals surface area (Å²) in [5.41, 5.74) is 1.16. The van der Waals surface area contributed by atoms with Crippen LogP contribution in [-0.2, 0) is 9.59 Å². The highest BCUT2D eigenvalue weighted by Gasteiger charge is 2.38. The molecule has 0 unspecified atom stereocenters. The highest BCUT2D eigenvalue weighted by atomic mass is 35.5. The number of fused-ring (bicyclic) bond motifs is 1. The van der Waals surface area contributed by atoms with Crippen molar-refractivity contribution >= 4 is 40.4 Å². The Kier molecular flexibility index (Phi) is 4.61. The van der Waals surface area contributed by atoms with Gasteiger partial charge in [-0.05, 0) is 30.3 Å². The summed E-state index contributed by atoms with van der Waals surface area (Å²) in [6.45, 7) is 1.28. The summed E-state index contributed by atoms with van der Waals surface area (Å²) < 4.78 is 10.4. The normalized spacial score (nSPS) is 14.9. The number of imide groups is 1. The molecule has 0 saturated heterocycles. The fourth-order valence-electron chi connectivity index (χ4n) is 2.91. The van der Waals surface area contributed by atoms with Crippen molar-refractivity contribution < 1.29 is 24.2 Å². The Morgan fingerprint density at radius 2 is 1.77 bits per heavy atom. The summed E-state index contributed by atoms with van der Waals surface area (Å²) in [6.07, 6.45) is 0. The number of carbonyl (C=O) groups excluding carboxylic acids is 2. The van der Waals surface area contributed by atoms with Gasteiger partial charge in [0.05, 0.1) is 25.5 Å². The minimum absolute atomic E-state index is 0.0269. The van der Waals surface area contributed by atoms with Crippen molar-refractivity contribution in [1.82, 2.24) is 0 Å².